The molecule has 16 heavy (non-hydrogen) atoms. The summed E-state index contributed by atoms with van der Waals surface area (Å²) in [6.07, 6.45) is 0. The second-order valence-corrected chi connectivity index (χ2v) is 5.20. The topological polar surface area (TPSA) is 41.1 Å². The zero-order valence-electron chi connectivity index (χ0n) is 10.0. The SMILES string of the molecule is Cc1ccc(NC(=O)NC(C)(C)C)cc1Cl. The molecule has 1 aromatic carbocycles. The van der Waals surface area contributed by atoms with Crippen molar-refractivity contribution in [3.8, 4) is 0 Å². The van der Waals surface area contributed by atoms with Crippen LogP contribution in [0.5, 0.6) is 0 Å². The minimum Gasteiger partial charge on any atom is -0.333 e. The molecule has 1 rings (SSSR count). The second kappa shape index (κ2) is 4.74. The van der Waals surface area contributed by atoms with Crippen molar-refractivity contribution >= 4 is 23.3 Å². The Bertz CT molecular complexity index is 396. The molecule has 0 atom stereocenters. The molecule has 4 heteroatoms. The fraction of sp³-hybridized carbons (Fsp3) is 0.417. The first-order valence-electron chi connectivity index (χ1n) is 5.13. The number of carbonyl (C=O) groups excluding carboxylic acids is 1. The summed E-state index contributed by atoms with van der Waals surface area (Å²) in [6, 6.07) is 5.20. The predicted octanol–water partition coefficient (Wildman–Crippen LogP) is 3.57. The predicted molar refractivity (Wildman–Crippen MR) is 68.1 cm³/mol. The summed E-state index contributed by atoms with van der Waals surface area (Å²) in [5.41, 5.74) is 1.43. The molecule has 88 valence electrons. The van der Waals surface area contributed by atoms with Crippen LogP contribution in [0.1, 0.15) is 26.3 Å². The van der Waals surface area contributed by atoms with Crippen molar-refractivity contribution in [2.24, 2.45) is 0 Å². The van der Waals surface area contributed by atoms with Gasteiger partial charge in [-0.05, 0) is 45.4 Å². The van der Waals surface area contributed by atoms with Crippen LogP contribution < -0.4 is 10.6 Å². The number of rotatable bonds is 1. The van der Waals surface area contributed by atoms with Crippen LogP contribution in [-0.4, -0.2) is 11.6 Å². The molecule has 2 N–H and O–H groups in total. The van der Waals surface area contributed by atoms with Gasteiger partial charge >= 0.3 is 6.03 Å². The van der Waals surface area contributed by atoms with Gasteiger partial charge in [-0.15, -0.1) is 0 Å². The summed E-state index contributed by atoms with van der Waals surface area (Å²) < 4.78 is 0. The van der Waals surface area contributed by atoms with Crippen LogP contribution in [0.3, 0.4) is 0 Å². The Morgan fingerprint density at radius 1 is 1.31 bits per heavy atom. The van der Waals surface area contributed by atoms with Crippen LogP contribution in [-0.2, 0) is 0 Å². The molecular weight excluding hydrogens is 224 g/mol. The molecule has 0 aliphatic carbocycles. The van der Waals surface area contributed by atoms with Crippen molar-refractivity contribution in [2.75, 3.05) is 5.32 Å². The molecule has 0 heterocycles. The van der Waals surface area contributed by atoms with E-state index in [1.807, 2.05) is 39.8 Å². The van der Waals surface area contributed by atoms with E-state index in [0.29, 0.717) is 10.7 Å². The van der Waals surface area contributed by atoms with E-state index in [-0.39, 0.29) is 11.6 Å². The molecule has 2 amide bonds. The maximum atomic E-state index is 11.6. The van der Waals surface area contributed by atoms with Crippen molar-refractivity contribution in [1.82, 2.24) is 5.32 Å². The number of halogens is 1. The van der Waals surface area contributed by atoms with Crippen LogP contribution in [0, 0.1) is 6.92 Å². The Morgan fingerprint density at radius 3 is 2.44 bits per heavy atom. The lowest BCUT2D eigenvalue weighted by Gasteiger charge is -2.20. The number of hydrogen-bond acceptors (Lipinski definition) is 1. The standard InChI is InChI=1S/C12H17ClN2O/c1-8-5-6-9(7-10(8)13)14-11(16)15-12(2,3)4/h5-7H,1-4H3,(H2,14,15,16). The summed E-state index contributed by atoms with van der Waals surface area (Å²) >= 11 is 5.96. The molecule has 0 spiro atoms. The minimum atomic E-state index is -0.251. The first-order chi connectivity index (χ1) is 7.28. The number of carbonyl (C=O) groups is 1. The molecule has 0 unspecified atom stereocenters. The molecule has 0 radical (unpaired) electrons. The van der Waals surface area contributed by atoms with Crippen molar-refractivity contribution < 1.29 is 4.79 Å². The summed E-state index contributed by atoms with van der Waals surface area (Å²) in [7, 11) is 0. The van der Waals surface area contributed by atoms with Crippen LogP contribution in [0.25, 0.3) is 0 Å². The normalized spacial score (nSPS) is 11.1. The highest BCUT2D eigenvalue weighted by Crippen LogP contribution is 2.19. The number of anilines is 1. The van der Waals surface area contributed by atoms with Crippen LogP contribution in [0.15, 0.2) is 18.2 Å². The van der Waals surface area contributed by atoms with Gasteiger partial charge in [-0.2, -0.15) is 0 Å². The minimum absolute atomic E-state index is 0.229. The summed E-state index contributed by atoms with van der Waals surface area (Å²) in [5.74, 6) is 0. The Morgan fingerprint density at radius 2 is 1.94 bits per heavy atom. The number of urea groups is 1. The second-order valence-electron chi connectivity index (χ2n) is 4.79. The van der Waals surface area contributed by atoms with Crippen molar-refractivity contribution in [1.29, 1.82) is 0 Å². The molecule has 0 saturated heterocycles. The third-order valence-corrected chi connectivity index (χ3v) is 2.33. The van der Waals surface area contributed by atoms with E-state index in [4.69, 9.17) is 11.6 Å². The highest BCUT2D eigenvalue weighted by Gasteiger charge is 2.13. The summed E-state index contributed by atoms with van der Waals surface area (Å²) in [6.45, 7) is 7.69. The Balaban J connectivity index is 2.67. The molecule has 0 saturated carbocycles. The quantitative estimate of drug-likeness (QED) is 0.774. The Labute approximate surface area is 101 Å². The molecule has 0 bridgehead atoms. The number of benzene rings is 1. The first kappa shape index (κ1) is 12.8. The van der Waals surface area contributed by atoms with Gasteiger partial charge in [0.2, 0.25) is 0 Å². The fourth-order valence-electron chi connectivity index (χ4n) is 1.17. The molecule has 0 aromatic heterocycles. The smallest absolute Gasteiger partial charge is 0.319 e. The van der Waals surface area contributed by atoms with Gasteiger partial charge in [-0.1, -0.05) is 17.7 Å². The lowest BCUT2D eigenvalue weighted by molar-refractivity contribution is 0.244. The van der Waals surface area contributed by atoms with E-state index in [1.54, 1.807) is 6.07 Å². The van der Waals surface area contributed by atoms with Crippen molar-refractivity contribution in [2.45, 2.75) is 33.2 Å². The third kappa shape index (κ3) is 4.11. The summed E-state index contributed by atoms with van der Waals surface area (Å²) in [5, 5.41) is 6.19. The number of hydrogen-bond donors (Lipinski definition) is 2. The van der Waals surface area contributed by atoms with Crippen molar-refractivity contribution in [3.05, 3.63) is 28.8 Å². The van der Waals surface area contributed by atoms with Gasteiger partial charge in [0.15, 0.2) is 0 Å². The maximum absolute atomic E-state index is 11.6. The molecule has 1 aromatic rings. The number of amides is 2. The van der Waals surface area contributed by atoms with E-state index < -0.39 is 0 Å². The average Bonchev–Trinajstić information content (AvgIpc) is 2.08. The summed E-state index contributed by atoms with van der Waals surface area (Å²) in [4.78, 5) is 11.6. The molecule has 0 aliphatic rings. The van der Waals surface area contributed by atoms with Gasteiger partial charge < -0.3 is 10.6 Å². The third-order valence-electron chi connectivity index (χ3n) is 1.92. The zero-order chi connectivity index (χ0) is 12.3. The highest BCUT2D eigenvalue weighted by atomic mass is 35.5. The molecule has 3 nitrogen and oxygen atoms in total. The van der Waals surface area contributed by atoms with Gasteiger partial charge in [0.25, 0.3) is 0 Å². The highest BCUT2D eigenvalue weighted by molar-refractivity contribution is 6.31. The number of nitrogens with one attached hydrogen (secondary N) is 2. The van der Waals surface area contributed by atoms with E-state index >= 15 is 0 Å². The number of aryl methyl sites for hydroxylation is 1. The van der Waals surface area contributed by atoms with E-state index in [0.717, 1.165) is 5.56 Å². The maximum Gasteiger partial charge on any atom is 0.319 e. The van der Waals surface area contributed by atoms with E-state index in [9.17, 15) is 4.79 Å². The van der Waals surface area contributed by atoms with Gasteiger partial charge in [0.05, 0.1) is 0 Å². The molecule has 0 aliphatic heterocycles. The fourth-order valence-corrected chi connectivity index (χ4v) is 1.35. The van der Waals surface area contributed by atoms with Crippen molar-refractivity contribution in [3.63, 3.8) is 0 Å². The van der Waals surface area contributed by atoms with Crippen LogP contribution in [0.4, 0.5) is 10.5 Å². The molecular formula is C12H17ClN2O. The van der Waals surface area contributed by atoms with E-state index in [2.05, 4.69) is 10.6 Å². The Hall–Kier alpha value is -1.22. The van der Waals surface area contributed by atoms with Crippen LogP contribution in [0.2, 0.25) is 5.02 Å². The average molecular weight is 241 g/mol. The van der Waals surface area contributed by atoms with Gasteiger partial charge in [0, 0.05) is 16.2 Å². The lowest BCUT2D eigenvalue weighted by Crippen LogP contribution is -2.43. The van der Waals surface area contributed by atoms with Gasteiger partial charge in [0.1, 0.15) is 0 Å². The lowest BCUT2D eigenvalue weighted by atomic mass is 10.1. The van der Waals surface area contributed by atoms with Gasteiger partial charge in [-0.25, -0.2) is 4.79 Å². The van der Waals surface area contributed by atoms with E-state index in [1.165, 1.54) is 0 Å². The van der Waals surface area contributed by atoms with Gasteiger partial charge in [-0.3, -0.25) is 0 Å². The van der Waals surface area contributed by atoms with Crippen LogP contribution >= 0.6 is 11.6 Å². The monoisotopic (exact) mass is 240 g/mol. The molecule has 0 fully saturated rings. The Kier molecular flexibility index (Phi) is 3.81. The zero-order valence-corrected chi connectivity index (χ0v) is 10.8. The first-order valence-corrected chi connectivity index (χ1v) is 5.51. The largest absolute Gasteiger partial charge is 0.333 e.